The average molecular weight is 346 g/mol. The minimum absolute atomic E-state index is 0.207. The Hall–Kier alpha value is -2.41. The molecule has 0 aliphatic carbocycles. The van der Waals surface area contributed by atoms with E-state index < -0.39 is 29.4 Å². The van der Waals surface area contributed by atoms with Crippen LogP contribution < -0.4 is 10.1 Å². The summed E-state index contributed by atoms with van der Waals surface area (Å²) < 4.78 is 10.3. The molecule has 25 heavy (non-hydrogen) atoms. The quantitative estimate of drug-likeness (QED) is 0.644. The van der Waals surface area contributed by atoms with E-state index in [1.165, 1.54) is 7.05 Å². The molecule has 2 heterocycles. The normalized spacial score (nSPS) is 31.2. The number of hydrogen-bond donors (Lipinski definition) is 1. The van der Waals surface area contributed by atoms with Crippen LogP contribution in [0.15, 0.2) is 24.3 Å². The molecule has 0 aromatic heterocycles. The number of carbonyl (C=O) groups excluding carboxylic acids is 3. The third-order valence-electron chi connectivity index (χ3n) is 5.18. The van der Waals surface area contributed by atoms with E-state index in [0.29, 0.717) is 5.75 Å². The van der Waals surface area contributed by atoms with E-state index in [1.807, 2.05) is 12.1 Å². The summed E-state index contributed by atoms with van der Waals surface area (Å²) in [6, 6.07) is 6.79. The number of methoxy groups -OCH3 is 1. The Labute approximate surface area is 146 Å². The third-order valence-corrected chi connectivity index (χ3v) is 5.18. The zero-order chi connectivity index (χ0) is 18.4. The molecule has 7 heteroatoms. The molecular formula is C18H22N2O5. The molecule has 7 nitrogen and oxygen atoms in total. The van der Waals surface area contributed by atoms with Gasteiger partial charge in [0.2, 0.25) is 11.8 Å². The van der Waals surface area contributed by atoms with Crippen molar-refractivity contribution in [2.75, 3.05) is 20.8 Å². The van der Waals surface area contributed by atoms with Crippen LogP contribution in [0.2, 0.25) is 0 Å². The monoisotopic (exact) mass is 346 g/mol. The van der Waals surface area contributed by atoms with E-state index >= 15 is 0 Å². The number of nitrogens with zero attached hydrogens (tertiary/aromatic N) is 1. The lowest BCUT2D eigenvalue weighted by atomic mass is 9.80. The van der Waals surface area contributed by atoms with Crippen LogP contribution in [0.25, 0.3) is 0 Å². The molecule has 0 radical (unpaired) electrons. The summed E-state index contributed by atoms with van der Waals surface area (Å²) in [5, 5.41) is 3.21. The number of esters is 1. The number of rotatable bonds is 4. The molecule has 0 bridgehead atoms. The summed E-state index contributed by atoms with van der Waals surface area (Å²) >= 11 is 0. The summed E-state index contributed by atoms with van der Waals surface area (Å²) in [5.74, 6) is -1.88. The van der Waals surface area contributed by atoms with Gasteiger partial charge in [-0.25, -0.2) is 0 Å². The van der Waals surface area contributed by atoms with Crippen molar-refractivity contribution in [3.63, 3.8) is 0 Å². The number of amides is 2. The molecule has 2 aliphatic heterocycles. The van der Waals surface area contributed by atoms with Crippen LogP contribution in [0.3, 0.4) is 0 Å². The van der Waals surface area contributed by atoms with E-state index in [1.54, 1.807) is 33.1 Å². The minimum Gasteiger partial charge on any atom is -0.497 e. The molecule has 134 valence electrons. The molecule has 0 spiro atoms. The van der Waals surface area contributed by atoms with Gasteiger partial charge in [0.05, 0.1) is 25.6 Å². The summed E-state index contributed by atoms with van der Waals surface area (Å²) in [6.45, 7) is 3.55. The molecule has 2 saturated heterocycles. The summed E-state index contributed by atoms with van der Waals surface area (Å²) in [5.41, 5.74) is -0.428. The first-order chi connectivity index (χ1) is 11.8. The van der Waals surface area contributed by atoms with E-state index in [-0.39, 0.29) is 18.4 Å². The van der Waals surface area contributed by atoms with Gasteiger partial charge in [-0.1, -0.05) is 12.1 Å². The van der Waals surface area contributed by atoms with Gasteiger partial charge in [0, 0.05) is 13.1 Å². The smallest absolute Gasteiger partial charge is 0.326 e. The van der Waals surface area contributed by atoms with Crippen LogP contribution in [0.1, 0.15) is 25.5 Å². The zero-order valence-electron chi connectivity index (χ0n) is 14.7. The Morgan fingerprint density at radius 1 is 1.24 bits per heavy atom. The number of benzene rings is 1. The van der Waals surface area contributed by atoms with E-state index in [2.05, 4.69) is 5.32 Å². The molecule has 2 amide bonds. The number of carbonyl (C=O) groups is 3. The third kappa shape index (κ3) is 2.50. The fourth-order valence-electron chi connectivity index (χ4n) is 3.85. The highest BCUT2D eigenvalue weighted by Crippen LogP contribution is 2.48. The molecule has 0 saturated carbocycles. The summed E-state index contributed by atoms with van der Waals surface area (Å²) in [6.07, 6.45) is 0. The van der Waals surface area contributed by atoms with Gasteiger partial charge < -0.3 is 9.47 Å². The SMILES string of the molecule is CCOC(=O)[C@]1(C)N[C@H](c2ccc(OC)cc2)[C@H]2C(=O)N(C)C(=O)[C@H]21. The standard InChI is InChI=1S/C18H22N2O5/c1-5-25-17(23)18(2)13-12(15(21)20(3)16(13)22)14(19-18)10-6-8-11(24-4)9-7-10/h6-9,12-14,19H,5H2,1-4H3/t12-,13-,14+,18+/m0/s1. The summed E-state index contributed by atoms with van der Waals surface area (Å²) in [4.78, 5) is 39.0. The largest absolute Gasteiger partial charge is 0.497 e. The molecule has 4 atom stereocenters. The van der Waals surface area contributed by atoms with E-state index in [0.717, 1.165) is 10.5 Å². The molecule has 1 N–H and O–H groups in total. The summed E-state index contributed by atoms with van der Waals surface area (Å²) in [7, 11) is 3.03. The minimum atomic E-state index is -1.25. The van der Waals surface area contributed by atoms with Gasteiger partial charge in [-0.3, -0.25) is 24.6 Å². The lowest BCUT2D eigenvalue weighted by Crippen LogP contribution is -2.53. The fraction of sp³-hybridized carbons (Fsp3) is 0.500. The van der Waals surface area contributed by atoms with Crippen LogP contribution in [0.4, 0.5) is 0 Å². The number of hydrogen-bond acceptors (Lipinski definition) is 6. The second kappa shape index (κ2) is 6.15. The van der Waals surface area contributed by atoms with Crippen LogP contribution in [-0.2, 0) is 19.1 Å². The van der Waals surface area contributed by atoms with Gasteiger partial charge in [-0.2, -0.15) is 0 Å². The molecule has 2 aliphatic rings. The Balaban J connectivity index is 2.03. The number of fused-ring (bicyclic) bond motifs is 1. The van der Waals surface area contributed by atoms with Crippen LogP contribution in [0.5, 0.6) is 5.75 Å². The maximum atomic E-state index is 12.7. The lowest BCUT2D eigenvalue weighted by molar-refractivity contribution is -0.155. The Morgan fingerprint density at radius 2 is 1.88 bits per heavy atom. The van der Waals surface area contributed by atoms with Crippen LogP contribution in [-0.4, -0.2) is 49.0 Å². The van der Waals surface area contributed by atoms with Crippen molar-refractivity contribution in [2.24, 2.45) is 11.8 Å². The second-order valence-electron chi connectivity index (χ2n) is 6.56. The first-order valence-corrected chi connectivity index (χ1v) is 8.25. The lowest BCUT2D eigenvalue weighted by Gasteiger charge is -2.28. The van der Waals surface area contributed by atoms with Crippen molar-refractivity contribution in [3.05, 3.63) is 29.8 Å². The fourth-order valence-corrected chi connectivity index (χ4v) is 3.85. The zero-order valence-corrected chi connectivity index (χ0v) is 14.7. The molecule has 2 fully saturated rings. The van der Waals surface area contributed by atoms with Crippen molar-refractivity contribution in [3.8, 4) is 5.75 Å². The number of imide groups is 1. The predicted molar refractivity (Wildman–Crippen MR) is 88.7 cm³/mol. The first kappa shape index (κ1) is 17.4. The van der Waals surface area contributed by atoms with E-state index in [4.69, 9.17) is 9.47 Å². The van der Waals surface area contributed by atoms with Crippen molar-refractivity contribution in [2.45, 2.75) is 25.4 Å². The topological polar surface area (TPSA) is 84.9 Å². The number of ether oxygens (including phenoxy) is 2. The average Bonchev–Trinajstić information content (AvgIpc) is 3.05. The first-order valence-electron chi connectivity index (χ1n) is 8.25. The van der Waals surface area contributed by atoms with Crippen molar-refractivity contribution in [1.29, 1.82) is 0 Å². The van der Waals surface area contributed by atoms with Gasteiger partial charge >= 0.3 is 5.97 Å². The van der Waals surface area contributed by atoms with Gasteiger partial charge in [-0.05, 0) is 31.5 Å². The highest BCUT2D eigenvalue weighted by Gasteiger charge is 2.66. The van der Waals surface area contributed by atoms with Gasteiger partial charge in [0.25, 0.3) is 0 Å². The van der Waals surface area contributed by atoms with Crippen LogP contribution in [0, 0.1) is 11.8 Å². The highest BCUT2D eigenvalue weighted by molar-refractivity contribution is 6.09. The maximum Gasteiger partial charge on any atom is 0.326 e. The Bertz CT molecular complexity index is 717. The van der Waals surface area contributed by atoms with Crippen LogP contribution >= 0.6 is 0 Å². The molecule has 0 unspecified atom stereocenters. The number of likely N-dealkylation sites (tertiary alicyclic amines) is 1. The Morgan fingerprint density at radius 3 is 2.44 bits per heavy atom. The second-order valence-corrected chi connectivity index (χ2v) is 6.56. The van der Waals surface area contributed by atoms with Gasteiger partial charge in [0.15, 0.2) is 0 Å². The Kier molecular flexibility index (Phi) is 4.28. The molecule has 1 aromatic carbocycles. The van der Waals surface area contributed by atoms with Gasteiger partial charge in [-0.15, -0.1) is 0 Å². The van der Waals surface area contributed by atoms with Gasteiger partial charge in [0.1, 0.15) is 11.3 Å². The maximum absolute atomic E-state index is 12.7. The predicted octanol–water partition coefficient (Wildman–Crippen LogP) is 0.892. The van der Waals surface area contributed by atoms with Crippen molar-refractivity contribution in [1.82, 2.24) is 10.2 Å². The molecule has 1 aromatic rings. The van der Waals surface area contributed by atoms with Crippen molar-refractivity contribution < 1.29 is 23.9 Å². The van der Waals surface area contributed by atoms with Crippen molar-refractivity contribution >= 4 is 17.8 Å². The molecular weight excluding hydrogens is 324 g/mol. The molecule has 3 rings (SSSR count). The van der Waals surface area contributed by atoms with E-state index in [9.17, 15) is 14.4 Å². The highest BCUT2D eigenvalue weighted by atomic mass is 16.5. The number of nitrogens with one attached hydrogen (secondary N) is 1.